The molecule has 2 heterocycles. The maximum absolute atomic E-state index is 13.8. The number of amides is 1. The Labute approximate surface area is 255 Å². The van der Waals surface area contributed by atoms with Gasteiger partial charge in [-0.25, -0.2) is 8.42 Å². The third kappa shape index (κ3) is 7.42. The highest BCUT2D eigenvalue weighted by molar-refractivity contribution is 7.91. The van der Waals surface area contributed by atoms with Gasteiger partial charge in [0, 0.05) is 44.3 Å². The molecular weight excluding hydrogens is 590 g/mol. The molecule has 43 heavy (non-hydrogen) atoms. The van der Waals surface area contributed by atoms with Gasteiger partial charge in [-0.1, -0.05) is 41.9 Å². The number of ether oxygens (including phenoxy) is 1. The zero-order chi connectivity index (χ0) is 30.6. The maximum atomic E-state index is 13.8. The number of fused-ring (bicyclic) bond motifs is 1. The van der Waals surface area contributed by atoms with Gasteiger partial charge in [0.05, 0.1) is 40.5 Å². The minimum Gasteiger partial charge on any atom is -0.380 e. The van der Waals surface area contributed by atoms with Crippen LogP contribution in [0.4, 0.5) is 5.69 Å². The molecule has 12 heteroatoms. The minimum atomic E-state index is -3.56. The molecule has 1 fully saturated rings. The van der Waals surface area contributed by atoms with Crippen LogP contribution in [0.5, 0.6) is 0 Å². The predicted molar refractivity (Wildman–Crippen MR) is 167 cm³/mol. The van der Waals surface area contributed by atoms with Gasteiger partial charge in [-0.2, -0.15) is 5.10 Å². The van der Waals surface area contributed by atoms with Gasteiger partial charge >= 0.3 is 0 Å². The van der Waals surface area contributed by atoms with Crippen molar-refractivity contribution >= 4 is 43.9 Å². The Bertz CT molecular complexity index is 1760. The van der Waals surface area contributed by atoms with Crippen LogP contribution in [0.25, 0.3) is 10.9 Å². The number of sulfone groups is 1. The van der Waals surface area contributed by atoms with E-state index >= 15 is 0 Å². The van der Waals surface area contributed by atoms with Gasteiger partial charge in [-0.05, 0) is 54.4 Å². The van der Waals surface area contributed by atoms with Crippen LogP contribution in [-0.2, 0) is 27.7 Å². The van der Waals surface area contributed by atoms with Gasteiger partial charge in [0.2, 0.25) is 5.43 Å². The third-order valence-electron chi connectivity index (χ3n) is 7.30. The van der Waals surface area contributed by atoms with Gasteiger partial charge < -0.3 is 15.0 Å². The van der Waals surface area contributed by atoms with Crippen molar-refractivity contribution in [1.82, 2.24) is 20.0 Å². The van der Waals surface area contributed by atoms with Crippen LogP contribution < -0.4 is 10.7 Å². The molecule has 0 spiro atoms. The Hall–Kier alpha value is -3.77. The Morgan fingerprint density at radius 3 is 2.49 bits per heavy atom. The van der Waals surface area contributed by atoms with E-state index in [0.29, 0.717) is 41.4 Å². The summed E-state index contributed by atoms with van der Waals surface area (Å²) in [6.45, 7) is 5.35. The number of aromatic amines is 1. The monoisotopic (exact) mass is 623 g/mol. The smallest absolute Gasteiger partial charge is 0.278 e. The molecule has 1 unspecified atom stereocenters. The molecule has 3 aromatic carbocycles. The van der Waals surface area contributed by atoms with E-state index in [0.717, 1.165) is 24.2 Å². The van der Waals surface area contributed by atoms with Crippen LogP contribution in [0.1, 0.15) is 28.5 Å². The zero-order valence-corrected chi connectivity index (χ0v) is 25.6. The number of H-pyrrole nitrogens is 1. The molecule has 2 N–H and O–H groups in total. The number of anilines is 1. The average molecular weight is 624 g/mol. The normalized spacial score (nSPS) is 14.9. The second kappa shape index (κ2) is 13.3. The first kappa shape index (κ1) is 30.7. The van der Waals surface area contributed by atoms with E-state index in [1.165, 1.54) is 4.90 Å². The van der Waals surface area contributed by atoms with E-state index in [1.807, 2.05) is 18.2 Å². The van der Waals surface area contributed by atoms with E-state index in [-0.39, 0.29) is 22.9 Å². The number of carbonyl (C=O) groups is 1. The molecule has 0 saturated carbocycles. The molecule has 1 atom stereocenters. The summed E-state index contributed by atoms with van der Waals surface area (Å²) in [6.07, 6.45) is 0. The molecule has 5 rings (SSSR count). The molecule has 1 aromatic heterocycles. The topological polar surface area (TPSA) is 125 Å². The van der Waals surface area contributed by atoms with Crippen molar-refractivity contribution in [1.29, 1.82) is 0 Å². The van der Waals surface area contributed by atoms with Crippen molar-refractivity contribution in [2.24, 2.45) is 0 Å². The molecule has 0 aliphatic carbocycles. The highest BCUT2D eigenvalue weighted by Gasteiger charge is 2.23. The van der Waals surface area contributed by atoms with Crippen molar-refractivity contribution in [2.75, 3.05) is 44.4 Å². The lowest BCUT2D eigenvalue weighted by molar-refractivity contribution is 0.0342. The number of halogens is 1. The Balaban J connectivity index is 1.46. The Morgan fingerprint density at radius 1 is 1.09 bits per heavy atom. The molecular formula is C31H34ClN5O5S. The first-order valence-electron chi connectivity index (χ1n) is 14.0. The first-order chi connectivity index (χ1) is 20.6. The first-order valence-corrected chi connectivity index (χ1v) is 16.0. The van der Waals surface area contributed by atoms with Crippen molar-refractivity contribution in [3.63, 3.8) is 0 Å². The highest BCUT2D eigenvalue weighted by atomic mass is 35.5. The van der Waals surface area contributed by atoms with Gasteiger partial charge in [0.15, 0.2) is 15.5 Å². The summed E-state index contributed by atoms with van der Waals surface area (Å²) in [6, 6.07) is 18.6. The van der Waals surface area contributed by atoms with Crippen molar-refractivity contribution in [3.05, 3.63) is 98.8 Å². The largest absolute Gasteiger partial charge is 0.380 e. The molecule has 1 saturated heterocycles. The fraction of sp³-hybridized carbons (Fsp3) is 0.323. The van der Waals surface area contributed by atoms with E-state index in [1.54, 1.807) is 62.5 Å². The standard InChI is InChI=1S/C31H34ClN5O5S/c1-21(20-43(40,41)25-6-4-3-5-7-25)33-27-17-23(19-37-12-14-42-15-13-37)16-26-28(27)34-35-29(30(26)38)31(39)36(2)18-22-8-10-24(32)11-9-22/h3-11,16-17,21,33H,12-15,18-20H2,1-2H3,(H,34,38). The lowest BCUT2D eigenvalue weighted by Crippen LogP contribution is -2.35. The molecule has 0 radical (unpaired) electrons. The molecule has 226 valence electrons. The molecule has 0 bridgehead atoms. The lowest BCUT2D eigenvalue weighted by Gasteiger charge is -2.27. The maximum Gasteiger partial charge on any atom is 0.278 e. The molecule has 10 nitrogen and oxygen atoms in total. The summed E-state index contributed by atoms with van der Waals surface area (Å²) in [5, 5.41) is 11.3. The number of morpholine rings is 1. The molecule has 4 aromatic rings. The molecule has 1 amide bonds. The van der Waals surface area contributed by atoms with Crippen LogP contribution in [-0.4, -0.2) is 79.5 Å². The summed E-state index contributed by atoms with van der Waals surface area (Å²) in [7, 11) is -1.95. The van der Waals surface area contributed by atoms with Crippen LogP contribution in [0.2, 0.25) is 5.02 Å². The van der Waals surface area contributed by atoms with Crippen molar-refractivity contribution in [2.45, 2.75) is 31.0 Å². The highest BCUT2D eigenvalue weighted by Crippen LogP contribution is 2.25. The Kier molecular flexibility index (Phi) is 9.46. The fourth-order valence-corrected chi connectivity index (χ4v) is 6.77. The lowest BCUT2D eigenvalue weighted by atomic mass is 10.1. The molecule has 1 aliphatic heterocycles. The van der Waals surface area contributed by atoms with Gasteiger partial charge in [0.1, 0.15) is 0 Å². The van der Waals surface area contributed by atoms with E-state index in [4.69, 9.17) is 16.3 Å². The number of hydrogen-bond acceptors (Lipinski definition) is 8. The van der Waals surface area contributed by atoms with Crippen LogP contribution >= 0.6 is 11.6 Å². The van der Waals surface area contributed by atoms with Crippen LogP contribution in [0.3, 0.4) is 0 Å². The van der Waals surface area contributed by atoms with Crippen molar-refractivity contribution < 1.29 is 17.9 Å². The number of nitrogens with zero attached hydrogens (tertiary/aromatic N) is 3. The van der Waals surface area contributed by atoms with Gasteiger partial charge in [-0.15, -0.1) is 0 Å². The predicted octanol–water partition coefficient (Wildman–Crippen LogP) is 3.96. The fourth-order valence-electron chi connectivity index (χ4n) is 5.14. The third-order valence-corrected chi connectivity index (χ3v) is 9.48. The second-order valence-electron chi connectivity index (χ2n) is 10.8. The summed E-state index contributed by atoms with van der Waals surface area (Å²) in [4.78, 5) is 31.0. The summed E-state index contributed by atoms with van der Waals surface area (Å²) in [5.41, 5.74) is 1.92. The van der Waals surface area contributed by atoms with Crippen LogP contribution in [0, 0.1) is 0 Å². The summed E-state index contributed by atoms with van der Waals surface area (Å²) >= 11 is 5.98. The number of benzene rings is 3. The molecule has 1 aliphatic rings. The van der Waals surface area contributed by atoms with E-state index in [9.17, 15) is 18.0 Å². The number of carbonyl (C=O) groups excluding carboxylic acids is 1. The number of hydrogen-bond donors (Lipinski definition) is 2. The number of rotatable bonds is 10. The summed E-state index contributed by atoms with van der Waals surface area (Å²) in [5.74, 6) is -0.677. The van der Waals surface area contributed by atoms with Crippen LogP contribution in [0.15, 0.2) is 76.4 Å². The van der Waals surface area contributed by atoms with Gasteiger partial charge in [-0.3, -0.25) is 19.6 Å². The Morgan fingerprint density at radius 2 is 1.79 bits per heavy atom. The zero-order valence-electron chi connectivity index (χ0n) is 24.0. The van der Waals surface area contributed by atoms with Gasteiger partial charge in [0.25, 0.3) is 5.91 Å². The van der Waals surface area contributed by atoms with E-state index in [2.05, 4.69) is 20.4 Å². The van der Waals surface area contributed by atoms with E-state index < -0.39 is 27.2 Å². The SMILES string of the molecule is CC(CS(=O)(=O)c1ccccc1)Nc1cc(CN2CCOCC2)cc2c(=O)c(C(=O)N(C)Cc3ccc(Cl)cc3)n[nH]c12. The number of aromatic nitrogens is 2. The average Bonchev–Trinajstić information content (AvgIpc) is 2.99. The minimum absolute atomic E-state index is 0.157. The van der Waals surface area contributed by atoms with Crippen molar-refractivity contribution in [3.8, 4) is 0 Å². The quantitative estimate of drug-likeness (QED) is 0.272. The second-order valence-corrected chi connectivity index (χ2v) is 13.3. The number of nitrogens with one attached hydrogen (secondary N) is 2. The summed E-state index contributed by atoms with van der Waals surface area (Å²) < 4.78 is 31.5.